The van der Waals surface area contributed by atoms with Crippen LogP contribution >= 0.6 is 0 Å². The van der Waals surface area contributed by atoms with E-state index >= 15 is 0 Å². The van der Waals surface area contributed by atoms with Crippen LogP contribution in [0.15, 0.2) is 0 Å². The van der Waals surface area contributed by atoms with Crippen LogP contribution in [-0.2, 0) is 14.3 Å². The molecule has 0 radical (unpaired) electrons. The lowest BCUT2D eigenvalue weighted by atomic mass is 10.0. The fourth-order valence-corrected chi connectivity index (χ4v) is 2.15. The predicted octanol–water partition coefficient (Wildman–Crippen LogP) is 0.842. The van der Waals surface area contributed by atoms with Crippen molar-refractivity contribution in [3.05, 3.63) is 0 Å². The standard InChI is InChI=1S/C14H26N2O4/c1-10(2)12(15)9-13(17)16-6-3-11(4-7-16)20-8-5-14(18)19/h10-12H,3-9,15H2,1-2H3,(H,18,19). The highest BCUT2D eigenvalue weighted by Crippen LogP contribution is 2.16. The summed E-state index contributed by atoms with van der Waals surface area (Å²) in [6.07, 6.45) is 2.02. The first kappa shape index (κ1) is 16.9. The molecule has 116 valence electrons. The number of aliphatic carboxylic acids is 1. The Morgan fingerprint density at radius 3 is 2.45 bits per heavy atom. The van der Waals surface area contributed by atoms with Crippen LogP contribution < -0.4 is 5.73 Å². The Kier molecular flexibility index (Phi) is 6.95. The Hall–Kier alpha value is -1.14. The molecule has 0 aromatic heterocycles. The molecule has 0 spiro atoms. The SMILES string of the molecule is CC(C)C(N)CC(=O)N1CCC(OCCC(=O)O)CC1. The minimum absolute atomic E-state index is 0.0301. The van der Waals surface area contributed by atoms with Crippen LogP contribution in [0.4, 0.5) is 0 Å². The van der Waals surface area contributed by atoms with Gasteiger partial charge in [-0.05, 0) is 18.8 Å². The van der Waals surface area contributed by atoms with E-state index in [9.17, 15) is 9.59 Å². The van der Waals surface area contributed by atoms with E-state index in [0.29, 0.717) is 25.4 Å². The fraction of sp³-hybridized carbons (Fsp3) is 0.857. The lowest BCUT2D eigenvalue weighted by Crippen LogP contribution is -2.43. The monoisotopic (exact) mass is 286 g/mol. The number of rotatable bonds is 7. The van der Waals surface area contributed by atoms with Crippen LogP contribution in [0.3, 0.4) is 0 Å². The number of ether oxygens (including phenoxy) is 1. The molecule has 1 heterocycles. The van der Waals surface area contributed by atoms with Gasteiger partial charge in [0.15, 0.2) is 0 Å². The van der Waals surface area contributed by atoms with Gasteiger partial charge < -0.3 is 20.5 Å². The summed E-state index contributed by atoms with van der Waals surface area (Å²) in [6.45, 7) is 5.61. The number of nitrogens with two attached hydrogens (primary N) is 1. The second-order valence-corrected chi connectivity index (χ2v) is 5.71. The van der Waals surface area contributed by atoms with E-state index in [0.717, 1.165) is 12.8 Å². The maximum absolute atomic E-state index is 12.1. The van der Waals surface area contributed by atoms with Gasteiger partial charge in [0.2, 0.25) is 5.91 Å². The summed E-state index contributed by atoms with van der Waals surface area (Å²) in [7, 11) is 0. The molecule has 0 aromatic carbocycles. The minimum Gasteiger partial charge on any atom is -0.481 e. The number of hydrogen-bond acceptors (Lipinski definition) is 4. The highest BCUT2D eigenvalue weighted by molar-refractivity contribution is 5.76. The van der Waals surface area contributed by atoms with E-state index in [1.54, 1.807) is 0 Å². The highest BCUT2D eigenvalue weighted by atomic mass is 16.5. The summed E-state index contributed by atoms with van der Waals surface area (Å²) in [5, 5.41) is 8.54. The van der Waals surface area contributed by atoms with Gasteiger partial charge in [-0.25, -0.2) is 0 Å². The molecule has 20 heavy (non-hydrogen) atoms. The van der Waals surface area contributed by atoms with E-state index in [2.05, 4.69) is 0 Å². The van der Waals surface area contributed by atoms with Crippen LogP contribution in [0.5, 0.6) is 0 Å². The van der Waals surface area contributed by atoms with Crippen LogP contribution in [0, 0.1) is 5.92 Å². The van der Waals surface area contributed by atoms with Gasteiger partial charge >= 0.3 is 5.97 Å². The summed E-state index contributed by atoms with van der Waals surface area (Å²) < 4.78 is 5.50. The van der Waals surface area contributed by atoms with E-state index in [-0.39, 0.29) is 31.1 Å². The molecule has 1 amide bonds. The van der Waals surface area contributed by atoms with E-state index in [1.807, 2.05) is 18.7 Å². The van der Waals surface area contributed by atoms with Crippen molar-refractivity contribution in [1.82, 2.24) is 4.90 Å². The molecule has 1 rings (SSSR count). The summed E-state index contributed by atoms with van der Waals surface area (Å²) >= 11 is 0. The average molecular weight is 286 g/mol. The van der Waals surface area contributed by atoms with Crippen molar-refractivity contribution in [1.29, 1.82) is 0 Å². The van der Waals surface area contributed by atoms with Gasteiger partial charge in [0.1, 0.15) is 0 Å². The Balaban J connectivity index is 2.24. The Morgan fingerprint density at radius 2 is 1.95 bits per heavy atom. The van der Waals surface area contributed by atoms with Crippen molar-refractivity contribution in [3.63, 3.8) is 0 Å². The summed E-state index contributed by atoms with van der Waals surface area (Å²) in [5.74, 6) is -0.439. The van der Waals surface area contributed by atoms with Gasteiger partial charge in [-0.15, -0.1) is 0 Å². The van der Waals surface area contributed by atoms with Crippen molar-refractivity contribution in [2.45, 2.75) is 51.7 Å². The van der Waals surface area contributed by atoms with Gasteiger partial charge in [0.05, 0.1) is 19.1 Å². The molecule has 0 saturated carbocycles. The summed E-state index contributed by atoms with van der Waals surface area (Å²) in [6, 6.07) is -0.0907. The molecule has 1 aliphatic rings. The number of carbonyl (C=O) groups excluding carboxylic acids is 1. The number of nitrogens with zero attached hydrogens (tertiary/aromatic N) is 1. The van der Waals surface area contributed by atoms with Crippen LogP contribution in [0.25, 0.3) is 0 Å². The quantitative estimate of drug-likeness (QED) is 0.723. The predicted molar refractivity (Wildman–Crippen MR) is 75.2 cm³/mol. The number of carbonyl (C=O) groups is 2. The molecular formula is C14H26N2O4. The third kappa shape index (κ3) is 5.88. The zero-order valence-corrected chi connectivity index (χ0v) is 12.4. The van der Waals surface area contributed by atoms with E-state index < -0.39 is 5.97 Å². The van der Waals surface area contributed by atoms with Crippen molar-refractivity contribution in [3.8, 4) is 0 Å². The van der Waals surface area contributed by atoms with Crippen molar-refractivity contribution >= 4 is 11.9 Å². The van der Waals surface area contributed by atoms with E-state index in [4.69, 9.17) is 15.6 Å². The second kappa shape index (κ2) is 8.21. The first-order chi connectivity index (χ1) is 9.40. The maximum atomic E-state index is 12.1. The Morgan fingerprint density at radius 1 is 1.35 bits per heavy atom. The summed E-state index contributed by atoms with van der Waals surface area (Å²) in [5.41, 5.74) is 5.92. The topological polar surface area (TPSA) is 92.9 Å². The largest absolute Gasteiger partial charge is 0.481 e. The molecule has 6 heteroatoms. The van der Waals surface area contributed by atoms with Crippen LogP contribution in [0.1, 0.15) is 39.5 Å². The highest BCUT2D eigenvalue weighted by Gasteiger charge is 2.24. The first-order valence-electron chi connectivity index (χ1n) is 7.27. The molecule has 1 aliphatic heterocycles. The molecule has 0 aromatic rings. The minimum atomic E-state index is -0.847. The third-order valence-corrected chi connectivity index (χ3v) is 3.73. The lowest BCUT2D eigenvalue weighted by Gasteiger charge is -2.32. The van der Waals surface area contributed by atoms with Crippen molar-refractivity contribution < 1.29 is 19.4 Å². The number of amides is 1. The number of likely N-dealkylation sites (tertiary alicyclic amines) is 1. The zero-order chi connectivity index (χ0) is 15.1. The smallest absolute Gasteiger partial charge is 0.305 e. The molecule has 1 atom stereocenters. The number of piperidine rings is 1. The average Bonchev–Trinajstić information content (AvgIpc) is 2.38. The van der Waals surface area contributed by atoms with Gasteiger partial charge in [0.25, 0.3) is 0 Å². The molecule has 1 saturated heterocycles. The fourth-order valence-electron chi connectivity index (χ4n) is 2.15. The van der Waals surface area contributed by atoms with Crippen LogP contribution in [-0.4, -0.2) is 53.7 Å². The molecule has 0 bridgehead atoms. The van der Waals surface area contributed by atoms with Crippen molar-refractivity contribution in [2.24, 2.45) is 11.7 Å². The van der Waals surface area contributed by atoms with E-state index in [1.165, 1.54) is 0 Å². The molecule has 0 aliphatic carbocycles. The van der Waals surface area contributed by atoms with Gasteiger partial charge in [-0.3, -0.25) is 9.59 Å². The number of carboxylic acids is 1. The first-order valence-corrected chi connectivity index (χ1v) is 7.27. The Bertz CT molecular complexity index is 325. The maximum Gasteiger partial charge on any atom is 0.305 e. The zero-order valence-electron chi connectivity index (χ0n) is 12.4. The molecule has 6 nitrogen and oxygen atoms in total. The molecule has 1 fully saturated rings. The third-order valence-electron chi connectivity index (χ3n) is 3.73. The second-order valence-electron chi connectivity index (χ2n) is 5.71. The van der Waals surface area contributed by atoms with Gasteiger partial charge in [0, 0.05) is 25.6 Å². The number of carboxylic acid groups (broad SMARTS) is 1. The van der Waals surface area contributed by atoms with Crippen molar-refractivity contribution in [2.75, 3.05) is 19.7 Å². The summed E-state index contributed by atoms with van der Waals surface area (Å²) in [4.78, 5) is 24.3. The van der Waals surface area contributed by atoms with Gasteiger partial charge in [-0.2, -0.15) is 0 Å². The molecular weight excluding hydrogens is 260 g/mol. The normalized spacial score (nSPS) is 18.3. The molecule has 3 N–H and O–H groups in total. The Labute approximate surface area is 120 Å². The lowest BCUT2D eigenvalue weighted by molar-refractivity contribution is -0.139. The number of hydrogen-bond donors (Lipinski definition) is 2. The van der Waals surface area contributed by atoms with Gasteiger partial charge in [-0.1, -0.05) is 13.8 Å². The molecule has 1 unspecified atom stereocenters. The van der Waals surface area contributed by atoms with Crippen LogP contribution in [0.2, 0.25) is 0 Å².